The van der Waals surface area contributed by atoms with Crippen LogP contribution in [0.3, 0.4) is 0 Å². The lowest BCUT2D eigenvalue weighted by Gasteiger charge is -2.36. The van der Waals surface area contributed by atoms with Crippen molar-refractivity contribution < 1.29 is 4.74 Å². The van der Waals surface area contributed by atoms with E-state index in [1.807, 2.05) is 6.20 Å². The van der Waals surface area contributed by atoms with Crippen molar-refractivity contribution >= 4 is 16.6 Å². The Hall–Kier alpha value is -1.48. The number of hydrogen-bond acceptors (Lipinski definition) is 2. The number of fused-ring (bicyclic) bond motifs is 1. The third-order valence-corrected chi connectivity index (χ3v) is 3.62. The van der Waals surface area contributed by atoms with Crippen molar-refractivity contribution in [1.29, 1.82) is 0 Å². The highest BCUT2D eigenvalue weighted by atomic mass is 16.5. The van der Waals surface area contributed by atoms with Gasteiger partial charge in [-0.3, -0.25) is 0 Å². The van der Waals surface area contributed by atoms with Crippen molar-refractivity contribution in [1.82, 2.24) is 4.98 Å². The normalized spacial score (nSPS) is 23.1. The van der Waals surface area contributed by atoms with Crippen LogP contribution >= 0.6 is 0 Å². The first kappa shape index (κ1) is 11.6. The molecule has 3 nitrogen and oxygen atoms in total. The zero-order chi connectivity index (χ0) is 12.6. The molecule has 0 radical (unpaired) electrons. The molecule has 0 amide bonds. The Morgan fingerprint density at radius 2 is 2.22 bits per heavy atom. The van der Waals surface area contributed by atoms with E-state index in [0.717, 1.165) is 19.4 Å². The number of benzene rings is 1. The van der Waals surface area contributed by atoms with Gasteiger partial charge in [-0.2, -0.15) is 0 Å². The van der Waals surface area contributed by atoms with Crippen molar-refractivity contribution in [3.05, 3.63) is 30.5 Å². The fourth-order valence-electron chi connectivity index (χ4n) is 2.73. The molecular formula is C15H20N2O. The first-order valence-corrected chi connectivity index (χ1v) is 6.60. The predicted molar refractivity (Wildman–Crippen MR) is 75.0 cm³/mol. The summed E-state index contributed by atoms with van der Waals surface area (Å²) >= 11 is 0. The minimum atomic E-state index is -0.00585. The zero-order valence-electron chi connectivity index (χ0n) is 11.0. The van der Waals surface area contributed by atoms with E-state index < -0.39 is 0 Å². The summed E-state index contributed by atoms with van der Waals surface area (Å²) in [6.07, 6.45) is 4.11. The first-order chi connectivity index (χ1) is 8.62. The van der Waals surface area contributed by atoms with Crippen LogP contribution in [0.5, 0.6) is 0 Å². The van der Waals surface area contributed by atoms with E-state index in [0.29, 0.717) is 6.04 Å². The molecule has 1 aliphatic rings. The van der Waals surface area contributed by atoms with Crippen molar-refractivity contribution in [2.24, 2.45) is 0 Å². The van der Waals surface area contributed by atoms with Gasteiger partial charge in [-0.05, 0) is 51.0 Å². The van der Waals surface area contributed by atoms with Crippen LogP contribution < -0.4 is 5.32 Å². The van der Waals surface area contributed by atoms with Crippen molar-refractivity contribution in [3.63, 3.8) is 0 Å². The average molecular weight is 244 g/mol. The molecular weight excluding hydrogens is 224 g/mol. The molecule has 1 aromatic carbocycles. The lowest BCUT2D eigenvalue weighted by atomic mass is 9.94. The standard InChI is InChI=1S/C15H20N2O/c1-15(2)10-13(6-8-18-15)17-12-3-4-14-11(9-12)5-7-16-14/h3-5,7,9,13,16-17H,6,8,10H2,1-2H3. The second-order valence-corrected chi connectivity index (χ2v) is 5.72. The van der Waals surface area contributed by atoms with Crippen LogP contribution in [0.2, 0.25) is 0 Å². The van der Waals surface area contributed by atoms with E-state index in [-0.39, 0.29) is 5.60 Å². The topological polar surface area (TPSA) is 37.0 Å². The molecule has 2 aromatic rings. The monoisotopic (exact) mass is 244 g/mol. The zero-order valence-corrected chi connectivity index (χ0v) is 11.0. The Morgan fingerprint density at radius 3 is 3.06 bits per heavy atom. The summed E-state index contributed by atoms with van der Waals surface area (Å²) in [6.45, 7) is 5.17. The van der Waals surface area contributed by atoms with E-state index in [1.54, 1.807) is 0 Å². The number of nitrogens with one attached hydrogen (secondary N) is 2. The minimum absolute atomic E-state index is 0.00585. The Bertz CT molecular complexity index is 544. The van der Waals surface area contributed by atoms with Crippen molar-refractivity contribution in [2.75, 3.05) is 11.9 Å². The molecule has 0 saturated carbocycles. The molecule has 2 N–H and O–H groups in total. The van der Waals surface area contributed by atoms with Crippen LogP contribution in [-0.4, -0.2) is 23.2 Å². The van der Waals surface area contributed by atoms with Gasteiger partial charge in [0.2, 0.25) is 0 Å². The number of rotatable bonds is 2. The Morgan fingerprint density at radius 1 is 1.33 bits per heavy atom. The number of aromatic amines is 1. The van der Waals surface area contributed by atoms with Gasteiger partial charge < -0.3 is 15.0 Å². The molecule has 2 heterocycles. The van der Waals surface area contributed by atoms with Gasteiger partial charge in [0.1, 0.15) is 0 Å². The highest BCUT2D eigenvalue weighted by Crippen LogP contribution is 2.27. The van der Waals surface area contributed by atoms with Crippen LogP contribution in [0.25, 0.3) is 10.9 Å². The van der Waals surface area contributed by atoms with E-state index in [4.69, 9.17) is 4.74 Å². The fraction of sp³-hybridized carbons (Fsp3) is 0.467. The van der Waals surface area contributed by atoms with Gasteiger partial charge in [-0.1, -0.05) is 0 Å². The van der Waals surface area contributed by atoms with Crippen LogP contribution in [0.1, 0.15) is 26.7 Å². The molecule has 1 saturated heterocycles. The summed E-state index contributed by atoms with van der Waals surface area (Å²) in [5.41, 5.74) is 2.38. The number of H-pyrrole nitrogens is 1. The number of ether oxygens (including phenoxy) is 1. The molecule has 1 aromatic heterocycles. The Labute approximate surface area is 108 Å². The summed E-state index contributed by atoms with van der Waals surface area (Å²) in [6, 6.07) is 9.08. The van der Waals surface area contributed by atoms with Crippen LogP contribution in [0.4, 0.5) is 5.69 Å². The van der Waals surface area contributed by atoms with Crippen LogP contribution in [-0.2, 0) is 4.74 Å². The van der Waals surface area contributed by atoms with Gasteiger partial charge in [-0.15, -0.1) is 0 Å². The van der Waals surface area contributed by atoms with E-state index >= 15 is 0 Å². The maximum absolute atomic E-state index is 5.75. The van der Waals surface area contributed by atoms with E-state index in [2.05, 4.69) is 48.4 Å². The van der Waals surface area contributed by atoms with E-state index in [1.165, 1.54) is 16.6 Å². The lowest BCUT2D eigenvalue weighted by molar-refractivity contribution is -0.0553. The van der Waals surface area contributed by atoms with Gasteiger partial charge in [0.25, 0.3) is 0 Å². The molecule has 0 bridgehead atoms. The van der Waals surface area contributed by atoms with Gasteiger partial charge in [0, 0.05) is 35.4 Å². The smallest absolute Gasteiger partial charge is 0.0646 e. The minimum Gasteiger partial charge on any atom is -0.382 e. The number of anilines is 1. The highest BCUT2D eigenvalue weighted by molar-refractivity contribution is 5.83. The van der Waals surface area contributed by atoms with Gasteiger partial charge in [-0.25, -0.2) is 0 Å². The summed E-state index contributed by atoms with van der Waals surface area (Å²) in [4.78, 5) is 3.22. The molecule has 0 aliphatic carbocycles. The van der Waals surface area contributed by atoms with Gasteiger partial charge >= 0.3 is 0 Å². The third kappa shape index (κ3) is 2.36. The molecule has 3 heteroatoms. The molecule has 0 spiro atoms. The summed E-state index contributed by atoms with van der Waals surface area (Å²) in [5, 5.41) is 4.88. The maximum Gasteiger partial charge on any atom is 0.0646 e. The molecule has 1 fully saturated rings. The summed E-state index contributed by atoms with van der Waals surface area (Å²) in [7, 11) is 0. The Balaban J connectivity index is 1.75. The second kappa shape index (κ2) is 4.32. The predicted octanol–water partition coefficient (Wildman–Crippen LogP) is 3.54. The molecule has 3 rings (SSSR count). The maximum atomic E-state index is 5.75. The summed E-state index contributed by atoms with van der Waals surface area (Å²) in [5.74, 6) is 0. The fourth-order valence-corrected chi connectivity index (χ4v) is 2.73. The Kier molecular flexibility index (Phi) is 2.78. The molecule has 1 atom stereocenters. The van der Waals surface area contributed by atoms with Crippen LogP contribution in [0.15, 0.2) is 30.5 Å². The van der Waals surface area contributed by atoms with Gasteiger partial charge in [0.15, 0.2) is 0 Å². The summed E-state index contributed by atoms with van der Waals surface area (Å²) < 4.78 is 5.75. The highest BCUT2D eigenvalue weighted by Gasteiger charge is 2.28. The van der Waals surface area contributed by atoms with Crippen molar-refractivity contribution in [2.45, 2.75) is 38.3 Å². The lowest BCUT2D eigenvalue weighted by Crippen LogP contribution is -2.40. The van der Waals surface area contributed by atoms with Crippen LogP contribution in [0, 0.1) is 0 Å². The molecule has 18 heavy (non-hydrogen) atoms. The third-order valence-electron chi connectivity index (χ3n) is 3.62. The molecule has 1 aliphatic heterocycles. The number of hydrogen-bond donors (Lipinski definition) is 2. The molecule has 96 valence electrons. The quantitative estimate of drug-likeness (QED) is 0.848. The van der Waals surface area contributed by atoms with E-state index in [9.17, 15) is 0 Å². The van der Waals surface area contributed by atoms with Crippen molar-refractivity contribution in [3.8, 4) is 0 Å². The van der Waals surface area contributed by atoms with Gasteiger partial charge in [0.05, 0.1) is 5.60 Å². The molecule has 1 unspecified atom stereocenters. The first-order valence-electron chi connectivity index (χ1n) is 6.60. The average Bonchev–Trinajstić information content (AvgIpc) is 2.74. The largest absolute Gasteiger partial charge is 0.382 e. The SMILES string of the molecule is CC1(C)CC(Nc2ccc3[nH]ccc3c2)CCO1. The second-order valence-electron chi connectivity index (χ2n) is 5.72. The number of aromatic nitrogens is 1.